The number of hydrogen-bond donors (Lipinski definition) is 2. The fourth-order valence-electron chi connectivity index (χ4n) is 3.15. The second-order valence-corrected chi connectivity index (χ2v) is 6.02. The first-order valence-electron chi connectivity index (χ1n) is 6.88. The van der Waals surface area contributed by atoms with E-state index in [0.717, 1.165) is 48.8 Å². The standard InChI is InChI=1S/C15H20ClN3/c16-12-3-1-10-2-4-13(8-11(10)7-12)19-6-5-14(17)15(18)9-19/h1,3,7,13H,2,4-6,8-9,17-18H2. The number of benzene rings is 1. The molecular weight excluding hydrogens is 258 g/mol. The first-order chi connectivity index (χ1) is 9.13. The van der Waals surface area contributed by atoms with Crippen molar-refractivity contribution in [1.29, 1.82) is 0 Å². The second-order valence-electron chi connectivity index (χ2n) is 5.58. The van der Waals surface area contributed by atoms with E-state index < -0.39 is 0 Å². The van der Waals surface area contributed by atoms with Gasteiger partial charge in [0, 0.05) is 42.0 Å². The summed E-state index contributed by atoms with van der Waals surface area (Å²) in [6, 6.07) is 6.83. The van der Waals surface area contributed by atoms with E-state index in [9.17, 15) is 0 Å². The Morgan fingerprint density at radius 1 is 1.11 bits per heavy atom. The summed E-state index contributed by atoms with van der Waals surface area (Å²) in [5.74, 6) is 0. The molecule has 3 rings (SSSR count). The fourth-order valence-corrected chi connectivity index (χ4v) is 3.35. The molecule has 0 saturated heterocycles. The van der Waals surface area contributed by atoms with Crippen LogP contribution < -0.4 is 11.5 Å². The monoisotopic (exact) mass is 277 g/mol. The van der Waals surface area contributed by atoms with Crippen molar-refractivity contribution >= 4 is 11.6 Å². The van der Waals surface area contributed by atoms with Crippen molar-refractivity contribution in [3.8, 4) is 0 Å². The van der Waals surface area contributed by atoms with Crippen LogP contribution in [0.1, 0.15) is 24.0 Å². The molecule has 0 saturated carbocycles. The van der Waals surface area contributed by atoms with Crippen molar-refractivity contribution in [1.82, 2.24) is 4.90 Å². The van der Waals surface area contributed by atoms with Gasteiger partial charge in [-0.25, -0.2) is 0 Å². The van der Waals surface area contributed by atoms with Crippen molar-refractivity contribution in [2.24, 2.45) is 11.5 Å². The van der Waals surface area contributed by atoms with Crippen LogP contribution in [0.5, 0.6) is 0 Å². The normalized spacial score (nSPS) is 24.4. The van der Waals surface area contributed by atoms with Gasteiger partial charge < -0.3 is 11.5 Å². The molecule has 19 heavy (non-hydrogen) atoms. The Balaban J connectivity index is 1.75. The highest BCUT2D eigenvalue weighted by Gasteiger charge is 2.26. The molecule has 102 valence electrons. The summed E-state index contributed by atoms with van der Waals surface area (Å²) in [4.78, 5) is 2.47. The molecule has 1 aliphatic carbocycles. The predicted octanol–water partition coefficient (Wildman–Crippen LogP) is 2.03. The summed E-state index contributed by atoms with van der Waals surface area (Å²) in [6.07, 6.45) is 4.29. The second kappa shape index (κ2) is 5.06. The van der Waals surface area contributed by atoms with Crippen molar-refractivity contribution < 1.29 is 0 Å². The van der Waals surface area contributed by atoms with E-state index in [1.165, 1.54) is 17.5 Å². The van der Waals surface area contributed by atoms with Gasteiger partial charge >= 0.3 is 0 Å². The summed E-state index contributed by atoms with van der Waals surface area (Å²) in [5.41, 5.74) is 16.4. The average Bonchev–Trinajstić information content (AvgIpc) is 2.41. The maximum atomic E-state index is 6.09. The molecule has 1 heterocycles. The number of nitrogens with two attached hydrogens (primary N) is 2. The molecule has 0 spiro atoms. The Bertz CT molecular complexity index is 524. The Labute approximate surface area is 119 Å². The van der Waals surface area contributed by atoms with E-state index in [2.05, 4.69) is 17.0 Å². The lowest BCUT2D eigenvalue weighted by Crippen LogP contribution is -2.45. The maximum Gasteiger partial charge on any atom is 0.0415 e. The molecule has 1 aliphatic heterocycles. The third-order valence-corrected chi connectivity index (χ3v) is 4.58. The van der Waals surface area contributed by atoms with Gasteiger partial charge in [0.1, 0.15) is 0 Å². The van der Waals surface area contributed by atoms with E-state index >= 15 is 0 Å². The van der Waals surface area contributed by atoms with Crippen molar-refractivity contribution in [3.63, 3.8) is 0 Å². The van der Waals surface area contributed by atoms with Gasteiger partial charge in [-0.15, -0.1) is 0 Å². The Hall–Kier alpha value is -1.19. The molecule has 4 N–H and O–H groups in total. The van der Waals surface area contributed by atoms with Gasteiger partial charge in [0.25, 0.3) is 0 Å². The first kappa shape index (κ1) is 12.8. The number of aryl methyl sites for hydroxylation is 1. The van der Waals surface area contributed by atoms with Crippen molar-refractivity contribution in [2.75, 3.05) is 13.1 Å². The lowest BCUT2D eigenvalue weighted by atomic mass is 9.87. The van der Waals surface area contributed by atoms with Crippen LogP contribution in [0, 0.1) is 0 Å². The van der Waals surface area contributed by atoms with E-state index in [1.54, 1.807) is 0 Å². The summed E-state index contributed by atoms with van der Waals surface area (Å²) in [6.45, 7) is 1.83. The lowest BCUT2D eigenvalue weighted by Gasteiger charge is -2.37. The number of halogens is 1. The number of fused-ring (bicyclic) bond motifs is 1. The Morgan fingerprint density at radius 3 is 2.74 bits per heavy atom. The molecule has 1 aromatic carbocycles. The van der Waals surface area contributed by atoms with Gasteiger partial charge in [-0.2, -0.15) is 0 Å². The zero-order valence-electron chi connectivity index (χ0n) is 11.0. The number of hydrogen-bond acceptors (Lipinski definition) is 3. The quantitative estimate of drug-likeness (QED) is 0.826. The van der Waals surface area contributed by atoms with Crippen LogP contribution in [-0.2, 0) is 12.8 Å². The van der Waals surface area contributed by atoms with Crippen LogP contribution in [0.2, 0.25) is 5.02 Å². The van der Waals surface area contributed by atoms with Crippen LogP contribution in [0.15, 0.2) is 29.6 Å². The SMILES string of the molecule is NC1=C(N)CN(C2CCc3ccc(Cl)cc3C2)CC1. The molecule has 0 bridgehead atoms. The van der Waals surface area contributed by atoms with E-state index in [1.807, 2.05) is 6.07 Å². The molecular formula is C15H20ClN3. The third-order valence-electron chi connectivity index (χ3n) is 4.34. The summed E-state index contributed by atoms with van der Waals surface area (Å²) in [5, 5.41) is 0.835. The zero-order valence-corrected chi connectivity index (χ0v) is 11.8. The van der Waals surface area contributed by atoms with E-state index in [4.69, 9.17) is 23.1 Å². The van der Waals surface area contributed by atoms with Gasteiger partial charge in [0.15, 0.2) is 0 Å². The third kappa shape index (κ3) is 2.58. The number of nitrogens with zero attached hydrogens (tertiary/aromatic N) is 1. The molecule has 1 atom stereocenters. The highest BCUT2D eigenvalue weighted by molar-refractivity contribution is 6.30. The summed E-state index contributed by atoms with van der Waals surface area (Å²) >= 11 is 6.09. The van der Waals surface area contributed by atoms with Crippen LogP contribution in [0.3, 0.4) is 0 Å². The molecule has 2 aliphatic rings. The highest BCUT2D eigenvalue weighted by Crippen LogP contribution is 2.28. The molecule has 0 fully saturated rings. The lowest BCUT2D eigenvalue weighted by molar-refractivity contribution is 0.186. The highest BCUT2D eigenvalue weighted by atomic mass is 35.5. The largest absolute Gasteiger partial charge is 0.401 e. The van der Waals surface area contributed by atoms with E-state index in [-0.39, 0.29) is 0 Å². The molecule has 3 nitrogen and oxygen atoms in total. The Kier molecular flexibility index (Phi) is 3.42. The topological polar surface area (TPSA) is 55.3 Å². The molecule has 1 aromatic rings. The summed E-state index contributed by atoms with van der Waals surface area (Å²) in [7, 11) is 0. The molecule has 0 aromatic heterocycles. The van der Waals surface area contributed by atoms with Gasteiger partial charge in [0.05, 0.1) is 0 Å². The minimum Gasteiger partial charge on any atom is -0.401 e. The summed E-state index contributed by atoms with van der Waals surface area (Å²) < 4.78 is 0. The predicted molar refractivity (Wildman–Crippen MR) is 78.9 cm³/mol. The first-order valence-corrected chi connectivity index (χ1v) is 7.25. The van der Waals surface area contributed by atoms with Crippen LogP contribution in [0.4, 0.5) is 0 Å². The fraction of sp³-hybridized carbons (Fsp3) is 0.467. The zero-order chi connectivity index (χ0) is 13.4. The molecule has 0 amide bonds. The van der Waals surface area contributed by atoms with Crippen molar-refractivity contribution in [3.05, 3.63) is 45.7 Å². The molecule has 4 heteroatoms. The van der Waals surface area contributed by atoms with Crippen LogP contribution in [-0.4, -0.2) is 24.0 Å². The maximum absolute atomic E-state index is 6.09. The van der Waals surface area contributed by atoms with Gasteiger partial charge in [-0.3, -0.25) is 4.90 Å². The Morgan fingerprint density at radius 2 is 1.95 bits per heavy atom. The average molecular weight is 278 g/mol. The van der Waals surface area contributed by atoms with Gasteiger partial charge in [-0.05, 0) is 42.5 Å². The van der Waals surface area contributed by atoms with Gasteiger partial charge in [-0.1, -0.05) is 17.7 Å². The molecule has 1 unspecified atom stereocenters. The smallest absolute Gasteiger partial charge is 0.0415 e. The number of rotatable bonds is 1. The van der Waals surface area contributed by atoms with E-state index in [0.29, 0.717) is 6.04 Å². The van der Waals surface area contributed by atoms with Crippen LogP contribution >= 0.6 is 11.6 Å². The van der Waals surface area contributed by atoms with Crippen LogP contribution in [0.25, 0.3) is 0 Å². The minimum atomic E-state index is 0.567. The van der Waals surface area contributed by atoms with Crippen molar-refractivity contribution in [2.45, 2.75) is 31.7 Å². The van der Waals surface area contributed by atoms with Gasteiger partial charge in [0.2, 0.25) is 0 Å². The minimum absolute atomic E-state index is 0.567. The molecule has 0 radical (unpaired) electrons.